The van der Waals surface area contributed by atoms with Crippen LogP contribution in [-0.4, -0.2) is 18.2 Å². The van der Waals surface area contributed by atoms with Gasteiger partial charge in [-0.3, -0.25) is 0 Å². The van der Waals surface area contributed by atoms with Crippen molar-refractivity contribution < 1.29 is 9.53 Å². The standard InChI is InChI=1S/C23H22N2O2S2/c1-14-19(16-7-4-3-5-8-16)20(22(26)27-2)21(29-14)25-23(28)24-18-12-11-15-9-6-10-17(15)13-18/h3-5,7-8,11-13H,6,9-10H2,1-2H3,(H2,24,25,28). The second kappa shape index (κ2) is 8.35. The Morgan fingerprint density at radius 1 is 1.07 bits per heavy atom. The Balaban J connectivity index is 1.61. The van der Waals surface area contributed by atoms with Crippen molar-refractivity contribution in [3.8, 4) is 11.1 Å². The number of fused-ring (bicyclic) bond motifs is 1. The normalized spacial score (nSPS) is 12.3. The average molecular weight is 423 g/mol. The molecule has 1 heterocycles. The number of hydrogen-bond donors (Lipinski definition) is 2. The predicted octanol–water partition coefficient (Wildman–Crippen LogP) is 5.81. The third kappa shape index (κ3) is 4.04. The average Bonchev–Trinajstić information content (AvgIpc) is 3.31. The number of carbonyl (C=O) groups excluding carboxylic acids is 1. The maximum absolute atomic E-state index is 12.6. The predicted molar refractivity (Wildman–Crippen MR) is 124 cm³/mol. The summed E-state index contributed by atoms with van der Waals surface area (Å²) in [7, 11) is 1.40. The summed E-state index contributed by atoms with van der Waals surface area (Å²) >= 11 is 7.03. The van der Waals surface area contributed by atoms with Crippen LogP contribution in [0, 0.1) is 6.92 Å². The maximum Gasteiger partial charge on any atom is 0.341 e. The molecule has 0 spiro atoms. The van der Waals surface area contributed by atoms with Crippen molar-refractivity contribution in [1.29, 1.82) is 0 Å². The van der Waals surface area contributed by atoms with Gasteiger partial charge < -0.3 is 15.4 Å². The van der Waals surface area contributed by atoms with Crippen LogP contribution in [0.1, 0.15) is 32.8 Å². The van der Waals surface area contributed by atoms with E-state index in [1.54, 1.807) is 0 Å². The molecule has 0 bridgehead atoms. The Hall–Kier alpha value is -2.70. The zero-order valence-electron chi connectivity index (χ0n) is 16.4. The molecule has 0 atom stereocenters. The number of carbonyl (C=O) groups is 1. The topological polar surface area (TPSA) is 50.4 Å². The van der Waals surface area contributed by atoms with E-state index in [4.69, 9.17) is 17.0 Å². The number of rotatable bonds is 4. The molecule has 0 radical (unpaired) electrons. The van der Waals surface area contributed by atoms with Crippen LogP contribution in [0.2, 0.25) is 0 Å². The Morgan fingerprint density at radius 3 is 2.59 bits per heavy atom. The number of hydrogen-bond acceptors (Lipinski definition) is 4. The largest absolute Gasteiger partial charge is 0.465 e. The molecule has 0 unspecified atom stereocenters. The van der Waals surface area contributed by atoms with Gasteiger partial charge in [-0.25, -0.2) is 4.79 Å². The van der Waals surface area contributed by atoms with Crippen molar-refractivity contribution in [2.24, 2.45) is 0 Å². The van der Waals surface area contributed by atoms with Crippen LogP contribution in [0.3, 0.4) is 0 Å². The van der Waals surface area contributed by atoms with Gasteiger partial charge in [-0.15, -0.1) is 11.3 Å². The van der Waals surface area contributed by atoms with Crippen molar-refractivity contribution in [2.45, 2.75) is 26.2 Å². The molecule has 2 aromatic carbocycles. The molecule has 0 saturated carbocycles. The van der Waals surface area contributed by atoms with Gasteiger partial charge in [0, 0.05) is 16.1 Å². The zero-order chi connectivity index (χ0) is 20.4. The smallest absolute Gasteiger partial charge is 0.341 e. The quantitative estimate of drug-likeness (QED) is 0.411. The van der Waals surface area contributed by atoms with Crippen LogP contribution < -0.4 is 10.6 Å². The van der Waals surface area contributed by atoms with Crippen molar-refractivity contribution in [3.05, 3.63) is 70.1 Å². The molecule has 0 aliphatic heterocycles. The van der Waals surface area contributed by atoms with Gasteiger partial charge in [0.25, 0.3) is 0 Å². The fourth-order valence-corrected chi connectivity index (χ4v) is 5.15. The van der Waals surface area contributed by atoms with Crippen molar-refractivity contribution in [2.75, 3.05) is 17.7 Å². The van der Waals surface area contributed by atoms with Crippen LogP contribution >= 0.6 is 23.6 Å². The third-order valence-corrected chi connectivity index (χ3v) is 6.34. The molecule has 4 rings (SSSR count). The van der Waals surface area contributed by atoms with Crippen LogP contribution in [0.25, 0.3) is 11.1 Å². The minimum Gasteiger partial charge on any atom is -0.465 e. The lowest BCUT2D eigenvalue weighted by atomic mass is 10.0. The summed E-state index contributed by atoms with van der Waals surface area (Å²) in [5.74, 6) is -0.379. The second-order valence-electron chi connectivity index (χ2n) is 7.01. The first-order chi connectivity index (χ1) is 14.1. The summed E-state index contributed by atoms with van der Waals surface area (Å²) in [6.07, 6.45) is 3.47. The lowest BCUT2D eigenvalue weighted by Crippen LogP contribution is -2.20. The highest BCUT2D eigenvalue weighted by atomic mass is 32.1. The Kier molecular flexibility index (Phi) is 5.65. The molecule has 0 fully saturated rings. The minimum absolute atomic E-state index is 0.379. The summed E-state index contributed by atoms with van der Waals surface area (Å²) in [6.45, 7) is 2.00. The number of ether oxygens (including phenoxy) is 1. The Labute approximate surface area is 179 Å². The van der Waals surface area contributed by atoms with E-state index in [0.29, 0.717) is 15.7 Å². The van der Waals surface area contributed by atoms with E-state index >= 15 is 0 Å². The molecule has 29 heavy (non-hydrogen) atoms. The molecular formula is C23H22N2O2S2. The maximum atomic E-state index is 12.6. The molecule has 4 nitrogen and oxygen atoms in total. The summed E-state index contributed by atoms with van der Waals surface area (Å²) in [5, 5.41) is 7.60. The van der Waals surface area contributed by atoms with Crippen LogP contribution in [-0.2, 0) is 17.6 Å². The van der Waals surface area contributed by atoms with Gasteiger partial charge in [0.05, 0.1) is 7.11 Å². The van der Waals surface area contributed by atoms with Gasteiger partial charge in [0.2, 0.25) is 0 Å². The molecule has 0 amide bonds. The first-order valence-electron chi connectivity index (χ1n) is 9.53. The van der Waals surface area contributed by atoms with Crippen molar-refractivity contribution in [1.82, 2.24) is 0 Å². The lowest BCUT2D eigenvalue weighted by Gasteiger charge is -2.12. The Morgan fingerprint density at radius 2 is 1.83 bits per heavy atom. The highest BCUT2D eigenvalue weighted by molar-refractivity contribution is 7.80. The third-order valence-electron chi connectivity index (χ3n) is 5.12. The number of anilines is 2. The number of thiophene rings is 1. The fourth-order valence-electron chi connectivity index (χ4n) is 3.80. The summed E-state index contributed by atoms with van der Waals surface area (Å²) in [6, 6.07) is 16.2. The van der Waals surface area contributed by atoms with E-state index in [1.165, 1.54) is 36.0 Å². The van der Waals surface area contributed by atoms with Gasteiger partial charge in [-0.05, 0) is 67.2 Å². The van der Waals surface area contributed by atoms with Gasteiger partial charge >= 0.3 is 5.97 Å². The molecule has 3 aromatic rings. The number of nitrogens with one attached hydrogen (secondary N) is 2. The molecule has 6 heteroatoms. The van der Waals surface area contributed by atoms with Crippen molar-refractivity contribution in [3.63, 3.8) is 0 Å². The zero-order valence-corrected chi connectivity index (χ0v) is 18.0. The van der Waals surface area contributed by atoms with E-state index < -0.39 is 0 Å². The van der Waals surface area contributed by atoms with Crippen LogP contribution in [0.5, 0.6) is 0 Å². The first kappa shape index (κ1) is 19.6. The van der Waals surface area contributed by atoms with Gasteiger partial charge in [0.1, 0.15) is 10.6 Å². The molecule has 0 saturated heterocycles. The number of thiocarbonyl (C=S) groups is 1. The molecule has 148 valence electrons. The molecule has 1 aliphatic rings. The number of benzene rings is 2. The van der Waals surface area contributed by atoms with E-state index in [1.807, 2.05) is 37.3 Å². The first-order valence-corrected chi connectivity index (χ1v) is 10.8. The van der Waals surface area contributed by atoms with Crippen LogP contribution in [0.4, 0.5) is 10.7 Å². The SMILES string of the molecule is COC(=O)c1c(NC(=S)Nc2ccc3c(c2)CCC3)sc(C)c1-c1ccccc1. The monoisotopic (exact) mass is 422 g/mol. The van der Waals surface area contributed by atoms with Crippen molar-refractivity contribution >= 4 is 45.3 Å². The Bertz CT molecular complexity index is 1070. The number of esters is 1. The van der Waals surface area contributed by atoms with E-state index in [0.717, 1.165) is 34.5 Å². The lowest BCUT2D eigenvalue weighted by molar-refractivity contribution is 0.0603. The van der Waals surface area contributed by atoms with E-state index in [-0.39, 0.29) is 5.97 Å². The van der Waals surface area contributed by atoms with E-state index in [9.17, 15) is 4.79 Å². The summed E-state index contributed by atoms with van der Waals surface area (Å²) in [4.78, 5) is 13.6. The minimum atomic E-state index is -0.379. The number of methoxy groups -OCH3 is 1. The summed E-state index contributed by atoms with van der Waals surface area (Å²) in [5.41, 5.74) is 6.13. The number of aryl methyl sites for hydroxylation is 3. The highest BCUT2D eigenvalue weighted by Gasteiger charge is 2.24. The fraction of sp³-hybridized carbons (Fsp3) is 0.217. The molecule has 2 N–H and O–H groups in total. The van der Waals surface area contributed by atoms with E-state index in [2.05, 4.69) is 28.8 Å². The highest BCUT2D eigenvalue weighted by Crippen LogP contribution is 2.40. The van der Waals surface area contributed by atoms with Gasteiger partial charge in [0.15, 0.2) is 5.11 Å². The second-order valence-corrected chi connectivity index (χ2v) is 8.64. The molecular weight excluding hydrogens is 400 g/mol. The molecule has 1 aromatic heterocycles. The summed E-state index contributed by atoms with van der Waals surface area (Å²) < 4.78 is 5.07. The van der Waals surface area contributed by atoms with Gasteiger partial charge in [-0.1, -0.05) is 36.4 Å². The van der Waals surface area contributed by atoms with Crippen LogP contribution in [0.15, 0.2) is 48.5 Å². The molecule has 1 aliphatic carbocycles. The van der Waals surface area contributed by atoms with Gasteiger partial charge in [-0.2, -0.15) is 0 Å².